The van der Waals surface area contributed by atoms with Crippen molar-refractivity contribution in [1.82, 2.24) is 0 Å². The molecular formula is C14H16O3. The smallest absolute Gasteiger partial charge is 0.328 e. The Morgan fingerprint density at radius 3 is 2.94 bits per heavy atom. The average molecular weight is 232 g/mol. The second-order valence-electron chi connectivity index (χ2n) is 3.80. The van der Waals surface area contributed by atoms with Crippen LogP contribution < -0.4 is 4.74 Å². The van der Waals surface area contributed by atoms with Gasteiger partial charge in [-0.1, -0.05) is 17.7 Å². The number of ether oxygens (including phenoxy) is 1. The molecule has 0 saturated carbocycles. The molecular weight excluding hydrogens is 216 g/mol. The molecule has 0 aromatic heterocycles. The number of hydrogen-bond donors (Lipinski definition) is 1. The molecule has 0 amide bonds. The van der Waals surface area contributed by atoms with Gasteiger partial charge in [0.15, 0.2) is 0 Å². The monoisotopic (exact) mass is 232 g/mol. The first-order chi connectivity index (χ1) is 8.08. The molecule has 0 aliphatic carbocycles. The Morgan fingerprint density at radius 2 is 2.29 bits per heavy atom. The van der Waals surface area contributed by atoms with Gasteiger partial charge in [0, 0.05) is 12.5 Å². The molecule has 0 aliphatic rings. The lowest BCUT2D eigenvalue weighted by Crippen LogP contribution is -1.97. The molecule has 0 unspecified atom stereocenters. The van der Waals surface area contributed by atoms with Crippen LogP contribution in [0.15, 0.2) is 42.5 Å². The van der Waals surface area contributed by atoms with E-state index in [1.54, 1.807) is 6.07 Å². The molecule has 0 atom stereocenters. The lowest BCUT2D eigenvalue weighted by molar-refractivity contribution is -0.131. The molecule has 1 rings (SSSR count). The number of hydrogen-bond acceptors (Lipinski definition) is 2. The molecule has 1 aromatic rings. The summed E-state index contributed by atoms with van der Waals surface area (Å²) in [5.41, 5.74) is 1.88. The standard InChI is InChI=1S/C14H16O3/c1-11(2)8-9-17-13-5-3-4-12(10-13)6-7-14(15)16/h3-7,10H,1,8-9H2,2H3,(H,15,16)/b7-6+. The van der Waals surface area contributed by atoms with Gasteiger partial charge in [-0.3, -0.25) is 0 Å². The van der Waals surface area contributed by atoms with E-state index in [0.29, 0.717) is 6.61 Å². The molecule has 1 aromatic carbocycles. The normalized spacial score (nSPS) is 10.4. The van der Waals surface area contributed by atoms with Gasteiger partial charge in [0.1, 0.15) is 5.75 Å². The minimum atomic E-state index is -0.960. The van der Waals surface area contributed by atoms with Gasteiger partial charge in [-0.2, -0.15) is 0 Å². The summed E-state index contributed by atoms with van der Waals surface area (Å²) in [6.07, 6.45) is 3.45. The van der Waals surface area contributed by atoms with Crippen LogP contribution in [0, 0.1) is 0 Å². The molecule has 0 spiro atoms. The van der Waals surface area contributed by atoms with E-state index in [0.717, 1.165) is 29.4 Å². The summed E-state index contributed by atoms with van der Waals surface area (Å²) >= 11 is 0. The third-order valence-corrected chi connectivity index (χ3v) is 2.07. The van der Waals surface area contributed by atoms with Gasteiger partial charge in [0.25, 0.3) is 0 Å². The summed E-state index contributed by atoms with van der Waals surface area (Å²) in [6, 6.07) is 7.30. The van der Waals surface area contributed by atoms with E-state index in [4.69, 9.17) is 9.84 Å². The number of carboxylic acids is 1. The van der Waals surface area contributed by atoms with E-state index in [9.17, 15) is 4.79 Å². The quantitative estimate of drug-likeness (QED) is 0.605. The molecule has 90 valence electrons. The van der Waals surface area contributed by atoms with Crippen LogP contribution in [-0.4, -0.2) is 17.7 Å². The first kappa shape index (κ1) is 13.0. The van der Waals surface area contributed by atoms with Crippen molar-refractivity contribution in [3.8, 4) is 5.75 Å². The zero-order valence-electron chi connectivity index (χ0n) is 9.85. The Bertz CT molecular complexity index is 433. The number of aliphatic carboxylic acids is 1. The molecule has 0 bridgehead atoms. The van der Waals surface area contributed by atoms with Crippen LogP contribution >= 0.6 is 0 Å². The Balaban J connectivity index is 2.59. The number of carboxylic acid groups (broad SMARTS) is 1. The van der Waals surface area contributed by atoms with E-state index in [1.165, 1.54) is 6.08 Å². The van der Waals surface area contributed by atoms with Gasteiger partial charge < -0.3 is 9.84 Å². The van der Waals surface area contributed by atoms with Gasteiger partial charge in [-0.15, -0.1) is 6.58 Å². The maximum absolute atomic E-state index is 10.4. The Hall–Kier alpha value is -2.03. The lowest BCUT2D eigenvalue weighted by atomic mass is 10.2. The highest BCUT2D eigenvalue weighted by Gasteiger charge is 1.96. The van der Waals surface area contributed by atoms with Crippen LogP contribution in [0.5, 0.6) is 5.75 Å². The van der Waals surface area contributed by atoms with Gasteiger partial charge in [-0.05, 0) is 30.7 Å². The number of benzene rings is 1. The number of rotatable bonds is 6. The van der Waals surface area contributed by atoms with E-state index in [-0.39, 0.29) is 0 Å². The molecule has 3 nitrogen and oxygen atoms in total. The number of carbonyl (C=O) groups is 1. The predicted octanol–water partition coefficient (Wildman–Crippen LogP) is 3.13. The van der Waals surface area contributed by atoms with Crippen molar-refractivity contribution in [2.75, 3.05) is 6.61 Å². The van der Waals surface area contributed by atoms with Crippen LogP contribution in [0.4, 0.5) is 0 Å². The predicted molar refractivity (Wildman–Crippen MR) is 68.0 cm³/mol. The van der Waals surface area contributed by atoms with Crippen LogP contribution in [0.25, 0.3) is 6.08 Å². The molecule has 0 fully saturated rings. The highest BCUT2D eigenvalue weighted by Crippen LogP contribution is 2.15. The largest absolute Gasteiger partial charge is 0.493 e. The van der Waals surface area contributed by atoms with Crippen molar-refractivity contribution in [2.45, 2.75) is 13.3 Å². The zero-order chi connectivity index (χ0) is 12.7. The highest BCUT2D eigenvalue weighted by atomic mass is 16.5. The van der Waals surface area contributed by atoms with Crippen molar-refractivity contribution < 1.29 is 14.6 Å². The van der Waals surface area contributed by atoms with E-state index in [1.807, 2.05) is 25.1 Å². The van der Waals surface area contributed by atoms with E-state index >= 15 is 0 Å². The minimum Gasteiger partial charge on any atom is -0.493 e. The summed E-state index contributed by atoms with van der Waals surface area (Å²) < 4.78 is 5.52. The van der Waals surface area contributed by atoms with E-state index in [2.05, 4.69) is 6.58 Å². The second kappa shape index (κ2) is 6.53. The first-order valence-electron chi connectivity index (χ1n) is 5.36. The SMILES string of the molecule is C=C(C)CCOc1cccc(/C=C/C(=O)O)c1. The fourth-order valence-corrected chi connectivity index (χ4v) is 1.22. The van der Waals surface area contributed by atoms with Gasteiger partial charge in [0.2, 0.25) is 0 Å². The topological polar surface area (TPSA) is 46.5 Å². The maximum atomic E-state index is 10.4. The van der Waals surface area contributed by atoms with Gasteiger partial charge in [-0.25, -0.2) is 4.79 Å². The molecule has 17 heavy (non-hydrogen) atoms. The third-order valence-electron chi connectivity index (χ3n) is 2.07. The summed E-state index contributed by atoms with van der Waals surface area (Å²) in [5, 5.41) is 8.52. The lowest BCUT2D eigenvalue weighted by Gasteiger charge is -2.06. The fraction of sp³-hybridized carbons (Fsp3) is 0.214. The minimum absolute atomic E-state index is 0.585. The van der Waals surface area contributed by atoms with Gasteiger partial charge >= 0.3 is 5.97 Å². The molecule has 0 radical (unpaired) electrons. The van der Waals surface area contributed by atoms with Crippen LogP contribution in [-0.2, 0) is 4.79 Å². The molecule has 0 heterocycles. The van der Waals surface area contributed by atoms with E-state index < -0.39 is 5.97 Å². The Morgan fingerprint density at radius 1 is 1.53 bits per heavy atom. The van der Waals surface area contributed by atoms with Crippen LogP contribution in [0.1, 0.15) is 18.9 Å². The van der Waals surface area contributed by atoms with Gasteiger partial charge in [0.05, 0.1) is 6.61 Å². The summed E-state index contributed by atoms with van der Waals surface area (Å²) in [7, 11) is 0. The maximum Gasteiger partial charge on any atom is 0.328 e. The van der Waals surface area contributed by atoms with Crippen LogP contribution in [0.2, 0.25) is 0 Å². The summed E-state index contributed by atoms with van der Waals surface area (Å²) in [5.74, 6) is -0.225. The first-order valence-corrected chi connectivity index (χ1v) is 5.36. The van der Waals surface area contributed by atoms with Crippen molar-refractivity contribution in [1.29, 1.82) is 0 Å². The zero-order valence-corrected chi connectivity index (χ0v) is 9.85. The Kier molecular flexibility index (Phi) is 5.01. The molecule has 3 heteroatoms. The molecule has 1 N–H and O–H groups in total. The van der Waals surface area contributed by atoms with Crippen molar-refractivity contribution in [3.05, 3.63) is 48.1 Å². The molecule has 0 aliphatic heterocycles. The highest BCUT2D eigenvalue weighted by molar-refractivity contribution is 5.85. The van der Waals surface area contributed by atoms with Crippen molar-refractivity contribution in [2.24, 2.45) is 0 Å². The van der Waals surface area contributed by atoms with Crippen molar-refractivity contribution in [3.63, 3.8) is 0 Å². The fourth-order valence-electron chi connectivity index (χ4n) is 1.22. The third kappa shape index (κ3) is 5.56. The Labute approximate surface area is 101 Å². The van der Waals surface area contributed by atoms with Crippen LogP contribution in [0.3, 0.4) is 0 Å². The average Bonchev–Trinajstić information content (AvgIpc) is 2.26. The summed E-state index contributed by atoms with van der Waals surface area (Å²) in [6.45, 7) is 6.33. The summed E-state index contributed by atoms with van der Waals surface area (Å²) in [4.78, 5) is 10.4. The van der Waals surface area contributed by atoms with Crippen molar-refractivity contribution >= 4 is 12.0 Å². The molecule has 0 saturated heterocycles. The second-order valence-corrected chi connectivity index (χ2v) is 3.80.